The standard InChI is InChI=1S/C23H33N5O3/c1-3-4-12-27-21(24)20(22(30)25-23(27)31)28(15-18-8-6-5-7-9-18)19(29)16-26-13-10-17(2)11-14-26/h5-9,17H,3-4,10-16,24H2,1-2H3,(H,25,30,31). The van der Waals surface area contributed by atoms with Gasteiger partial charge in [-0.05, 0) is 43.8 Å². The normalized spacial score (nSPS) is 15.2. The Hall–Kier alpha value is -2.87. The number of likely N-dealkylation sites (tertiary alicyclic amines) is 1. The van der Waals surface area contributed by atoms with E-state index >= 15 is 0 Å². The molecule has 0 spiro atoms. The van der Waals surface area contributed by atoms with Crippen molar-refractivity contribution in [3.05, 3.63) is 56.7 Å². The van der Waals surface area contributed by atoms with Crippen molar-refractivity contribution in [2.75, 3.05) is 30.3 Å². The number of nitrogens with zero attached hydrogens (tertiary/aromatic N) is 3. The first kappa shape index (κ1) is 22.8. The van der Waals surface area contributed by atoms with Crippen molar-refractivity contribution in [3.8, 4) is 0 Å². The lowest BCUT2D eigenvalue weighted by molar-refractivity contribution is -0.120. The van der Waals surface area contributed by atoms with Gasteiger partial charge in [-0.25, -0.2) is 4.79 Å². The van der Waals surface area contributed by atoms with Crippen LogP contribution in [0.25, 0.3) is 0 Å². The topological polar surface area (TPSA) is 104 Å². The molecule has 2 heterocycles. The highest BCUT2D eigenvalue weighted by molar-refractivity contribution is 5.96. The Morgan fingerprint density at radius 3 is 2.52 bits per heavy atom. The molecule has 0 bridgehead atoms. The molecule has 1 aliphatic heterocycles. The van der Waals surface area contributed by atoms with Crippen LogP contribution in [0.1, 0.15) is 45.1 Å². The van der Waals surface area contributed by atoms with E-state index in [0.717, 1.165) is 44.3 Å². The van der Waals surface area contributed by atoms with E-state index in [1.165, 1.54) is 9.47 Å². The number of benzene rings is 1. The van der Waals surface area contributed by atoms with Gasteiger partial charge in [-0.2, -0.15) is 0 Å². The van der Waals surface area contributed by atoms with Gasteiger partial charge in [0.15, 0.2) is 5.69 Å². The van der Waals surface area contributed by atoms with E-state index in [1.807, 2.05) is 37.3 Å². The van der Waals surface area contributed by atoms with Crippen LogP contribution >= 0.6 is 0 Å². The third-order valence-electron chi connectivity index (χ3n) is 5.94. The van der Waals surface area contributed by atoms with Gasteiger partial charge in [0.25, 0.3) is 5.56 Å². The molecule has 0 aliphatic carbocycles. The quantitative estimate of drug-likeness (QED) is 0.672. The van der Waals surface area contributed by atoms with Crippen LogP contribution in [0.5, 0.6) is 0 Å². The van der Waals surface area contributed by atoms with Gasteiger partial charge >= 0.3 is 5.69 Å². The molecule has 1 aromatic carbocycles. The number of nitrogens with one attached hydrogen (secondary N) is 1. The van der Waals surface area contributed by atoms with Crippen molar-refractivity contribution >= 4 is 17.4 Å². The predicted octanol–water partition coefficient (Wildman–Crippen LogP) is 2.18. The fraction of sp³-hybridized carbons (Fsp3) is 0.522. The van der Waals surface area contributed by atoms with E-state index in [-0.39, 0.29) is 30.5 Å². The summed E-state index contributed by atoms with van der Waals surface area (Å²) in [5.74, 6) is 0.502. The molecular formula is C23H33N5O3. The number of anilines is 2. The minimum atomic E-state index is -0.633. The van der Waals surface area contributed by atoms with Crippen molar-refractivity contribution in [1.82, 2.24) is 14.5 Å². The fourth-order valence-corrected chi connectivity index (χ4v) is 3.93. The maximum atomic E-state index is 13.4. The Morgan fingerprint density at radius 1 is 1.19 bits per heavy atom. The lowest BCUT2D eigenvalue weighted by Gasteiger charge is -2.32. The summed E-state index contributed by atoms with van der Waals surface area (Å²) in [5.41, 5.74) is 6.06. The van der Waals surface area contributed by atoms with E-state index in [9.17, 15) is 14.4 Å². The number of carbonyl (C=O) groups is 1. The molecule has 0 unspecified atom stereocenters. The molecule has 0 radical (unpaired) electrons. The third-order valence-corrected chi connectivity index (χ3v) is 5.94. The highest BCUT2D eigenvalue weighted by atomic mass is 16.2. The zero-order valence-electron chi connectivity index (χ0n) is 18.5. The Balaban J connectivity index is 1.97. The zero-order valence-corrected chi connectivity index (χ0v) is 18.5. The van der Waals surface area contributed by atoms with Gasteiger partial charge in [-0.1, -0.05) is 50.6 Å². The van der Waals surface area contributed by atoms with E-state index in [0.29, 0.717) is 12.5 Å². The first-order chi connectivity index (χ1) is 14.9. The van der Waals surface area contributed by atoms with E-state index in [4.69, 9.17) is 5.73 Å². The van der Waals surface area contributed by atoms with Crippen molar-refractivity contribution in [3.63, 3.8) is 0 Å². The molecule has 1 aromatic heterocycles. The number of piperidine rings is 1. The molecule has 1 saturated heterocycles. The molecule has 1 amide bonds. The minimum Gasteiger partial charge on any atom is -0.383 e. The molecule has 1 aliphatic rings. The number of unbranched alkanes of at least 4 members (excludes halogenated alkanes) is 1. The van der Waals surface area contributed by atoms with E-state index < -0.39 is 11.2 Å². The van der Waals surface area contributed by atoms with Crippen LogP contribution in [-0.4, -0.2) is 40.0 Å². The smallest absolute Gasteiger partial charge is 0.330 e. The van der Waals surface area contributed by atoms with Crippen molar-refractivity contribution < 1.29 is 4.79 Å². The minimum absolute atomic E-state index is 0.0405. The zero-order chi connectivity index (χ0) is 22.4. The number of rotatable bonds is 8. The van der Waals surface area contributed by atoms with Gasteiger partial charge in [0.05, 0.1) is 13.1 Å². The monoisotopic (exact) mass is 427 g/mol. The second-order valence-corrected chi connectivity index (χ2v) is 8.42. The van der Waals surface area contributed by atoms with Crippen LogP contribution in [0.2, 0.25) is 0 Å². The Bertz CT molecular complexity index is 991. The molecule has 0 atom stereocenters. The molecule has 3 rings (SSSR count). The van der Waals surface area contributed by atoms with Crippen molar-refractivity contribution in [1.29, 1.82) is 0 Å². The number of amides is 1. The molecule has 8 heteroatoms. The van der Waals surface area contributed by atoms with Gasteiger partial charge < -0.3 is 5.73 Å². The fourth-order valence-electron chi connectivity index (χ4n) is 3.93. The number of nitrogen functional groups attached to an aromatic ring is 1. The lowest BCUT2D eigenvalue weighted by atomic mass is 9.99. The molecule has 2 aromatic rings. The Kier molecular flexibility index (Phi) is 7.68. The molecular weight excluding hydrogens is 394 g/mol. The first-order valence-electron chi connectivity index (χ1n) is 11.1. The van der Waals surface area contributed by atoms with Crippen LogP contribution < -0.4 is 21.9 Å². The number of carbonyl (C=O) groups excluding carboxylic acids is 1. The van der Waals surface area contributed by atoms with Crippen LogP contribution in [0.15, 0.2) is 39.9 Å². The first-order valence-corrected chi connectivity index (χ1v) is 11.1. The average Bonchev–Trinajstić information content (AvgIpc) is 2.75. The third kappa shape index (κ3) is 5.64. The summed E-state index contributed by atoms with van der Waals surface area (Å²) in [7, 11) is 0. The Labute approximate surface area is 182 Å². The van der Waals surface area contributed by atoms with Crippen LogP contribution in [-0.2, 0) is 17.9 Å². The summed E-state index contributed by atoms with van der Waals surface area (Å²) >= 11 is 0. The van der Waals surface area contributed by atoms with Crippen molar-refractivity contribution in [2.45, 2.75) is 52.6 Å². The van der Waals surface area contributed by atoms with Gasteiger partial charge in [0.2, 0.25) is 5.91 Å². The van der Waals surface area contributed by atoms with E-state index in [1.54, 1.807) is 0 Å². The van der Waals surface area contributed by atoms with Gasteiger partial charge in [0, 0.05) is 6.54 Å². The largest absolute Gasteiger partial charge is 0.383 e. The number of hydrogen-bond donors (Lipinski definition) is 2. The molecule has 31 heavy (non-hydrogen) atoms. The Morgan fingerprint density at radius 2 is 1.87 bits per heavy atom. The number of nitrogens with two attached hydrogens (primary N) is 1. The lowest BCUT2D eigenvalue weighted by Crippen LogP contribution is -2.46. The second-order valence-electron chi connectivity index (χ2n) is 8.42. The number of hydrogen-bond acceptors (Lipinski definition) is 5. The van der Waals surface area contributed by atoms with Gasteiger partial charge in [-0.3, -0.25) is 28.9 Å². The average molecular weight is 428 g/mol. The molecule has 1 fully saturated rings. The SMILES string of the molecule is CCCCn1c(N)c(N(Cc2ccccc2)C(=O)CN2CCC(C)CC2)c(=O)[nH]c1=O. The van der Waals surface area contributed by atoms with Gasteiger partial charge in [0.1, 0.15) is 5.82 Å². The summed E-state index contributed by atoms with van der Waals surface area (Å²) in [6.07, 6.45) is 3.72. The van der Waals surface area contributed by atoms with E-state index in [2.05, 4.69) is 16.8 Å². The van der Waals surface area contributed by atoms with Crippen LogP contribution in [0, 0.1) is 5.92 Å². The number of aromatic nitrogens is 2. The number of aromatic amines is 1. The highest BCUT2D eigenvalue weighted by Crippen LogP contribution is 2.22. The second kappa shape index (κ2) is 10.4. The summed E-state index contributed by atoms with van der Waals surface area (Å²) in [4.78, 5) is 44.4. The van der Waals surface area contributed by atoms with Crippen molar-refractivity contribution in [2.24, 2.45) is 5.92 Å². The summed E-state index contributed by atoms with van der Waals surface area (Å²) in [5, 5.41) is 0. The molecule has 0 saturated carbocycles. The summed E-state index contributed by atoms with van der Waals surface area (Å²) in [6, 6.07) is 9.48. The summed E-state index contributed by atoms with van der Waals surface area (Å²) < 4.78 is 1.36. The maximum Gasteiger partial charge on any atom is 0.330 e. The van der Waals surface area contributed by atoms with Crippen LogP contribution in [0.4, 0.5) is 11.5 Å². The van der Waals surface area contributed by atoms with Crippen LogP contribution in [0.3, 0.4) is 0 Å². The summed E-state index contributed by atoms with van der Waals surface area (Å²) in [6.45, 7) is 6.76. The predicted molar refractivity (Wildman–Crippen MR) is 123 cm³/mol. The maximum absolute atomic E-state index is 13.4. The van der Waals surface area contributed by atoms with Gasteiger partial charge in [-0.15, -0.1) is 0 Å². The highest BCUT2D eigenvalue weighted by Gasteiger charge is 2.27. The number of H-pyrrole nitrogens is 1. The molecule has 3 N–H and O–H groups in total. The molecule has 168 valence electrons. The molecule has 8 nitrogen and oxygen atoms in total.